The fraction of sp³-hybridized carbons (Fsp3) is 0.455. The van der Waals surface area contributed by atoms with Gasteiger partial charge in [-0.05, 0) is 61.3 Å². The number of benzene rings is 1. The zero-order chi connectivity index (χ0) is 20.1. The highest BCUT2D eigenvalue weighted by atomic mass is 32.1. The molecule has 2 amide bonds. The number of carbonyl (C=O) groups excluding carboxylic acids is 2. The van der Waals surface area contributed by atoms with Crippen molar-refractivity contribution in [2.45, 2.75) is 58.3 Å². The molecule has 28 heavy (non-hydrogen) atoms. The third kappa shape index (κ3) is 4.93. The molecule has 0 bridgehead atoms. The molecule has 6 heteroatoms. The number of ether oxygens (including phenoxy) is 1. The Kier molecular flexibility index (Phi) is 6.73. The highest BCUT2D eigenvalue weighted by molar-refractivity contribution is 7.17. The molecular formula is C22H28N2O3S. The zero-order valence-corrected chi connectivity index (χ0v) is 17.4. The van der Waals surface area contributed by atoms with Crippen LogP contribution in [0.3, 0.4) is 0 Å². The van der Waals surface area contributed by atoms with E-state index in [1.54, 1.807) is 0 Å². The monoisotopic (exact) mass is 400 g/mol. The standard InChI is InChI=1S/C22H28N2O3S/c1-14(2)15-9-11-16(12-10-15)27-13-5-8-19(25)24-22-20(21(23)26)17-6-3-4-7-18(17)28-22/h9-12,14H,3-8,13H2,1-2H3,(H2,23,26)(H,24,25). The SMILES string of the molecule is CC(C)c1ccc(OCCCC(=O)Nc2sc3c(c2C(N)=O)CCCC3)cc1. The van der Waals surface area contributed by atoms with Crippen LogP contribution >= 0.6 is 11.3 Å². The van der Waals surface area contributed by atoms with Crippen molar-refractivity contribution in [3.63, 3.8) is 0 Å². The number of hydrogen-bond donors (Lipinski definition) is 2. The average Bonchev–Trinajstić information content (AvgIpc) is 3.03. The first-order chi connectivity index (χ1) is 13.5. The maximum Gasteiger partial charge on any atom is 0.251 e. The van der Waals surface area contributed by atoms with Crippen LogP contribution in [0.25, 0.3) is 0 Å². The molecule has 1 aliphatic carbocycles. The largest absolute Gasteiger partial charge is 0.494 e. The Labute approximate surface area is 170 Å². The molecule has 0 atom stereocenters. The maximum absolute atomic E-state index is 12.3. The number of carbonyl (C=O) groups is 2. The smallest absolute Gasteiger partial charge is 0.251 e. The number of nitrogens with two attached hydrogens (primary N) is 1. The van der Waals surface area contributed by atoms with Gasteiger partial charge < -0.3 is 15.8 Å². The van der Waals surface area contributed by atoms with Crippen LogP contribution in [0.15, 0.2) is 24.3 Å². The second-order valence-corrected chi connectivity index (χ2v) is 8.61. The van der Waals surface area contributed by atoms with E-state index in [9.17, 15) is 9.59 Å². The van der Waals surface area contributed by atoms with Gasteiger partial charge in [-0.15, -0.1) is 11.3 Å². The van der Waals surface area contributed by atoms with Crippen molar-refractivity contribution in [2.24, 2.45) is 5.73 Å². The molecule has 5 nitrogen and oxygen atoms in total. The van der Waals surface area contributed by atoms with Crippen LogP contribution in [-0.2, 0) is 17.6 Å². The summed E-state index contributed by atoms with van der Waals surface area (Å²) in [7, 11) is 0. The molecule has 1 aliphatic rings. The molecule has 3 N–H and O–H groups in total. The Morgan fingerprint density at radius 2 is 1.89 bits per heavy atom. The topological polar surface area (TPSA) is 81.4 Å². The lowest BCUT2D eigenvalue weighted by Gasteiger charge is -2.11. The molecular weight excluding hydrogens is 372 g/mol. The summed E-state index contributed by atoms with van der Waals surface area (Å²) in [6.07, 6.45) is 4.95. The summed E-state index contributed by atoms with van der Waals surface area (Å²) < 4.78 is 5.72. The normalized spacial score (nSPS) is 13.2. The highest BCUT2D eigenvalue weighted by Gasteiger charge is 2.24. The third-order valence-corrected chi connectivity index (χ3v) is 6.24. The fourth-order valence-corrected chi connectivity index (χ4v) is 4.79. The Morgan fingerprint density at radius 1 is 1.18 bits per heavy atom. The quantitative estimate of drug-likeness (QED) is 0.633. The zero-order valence-electron chi connectivity index (χ0n) is 16.5. The Bertz CT molecular complexity index is 840. The van der Waals surface area contributed by atoms with E-state index in [0.717, 1.165) is 37.0 Å². The first kappa shape index (κ1) is 20.4. The van der Waals surface area contributed by atoms with Crippen molar-refractivity contribution < 1.29 is 14.3 Å². The lowest BCUT2D eigenvalue weighted by Crippen LogP contribution is -2.18. The Hall–Kier alpha value is -2.34. The van der Waals surface area contributed by atoms with Gasteiger partial charge in [0, 0.05) is 11.3 Å². The third-order valence-electron chi connectivity index (χ3n) is 5.03. The molecule has 1 aromatic heterocycles. The van der Waals surface area contributed by atoms with Crippen LogP contribution in [0.1, 0.15) is 71.8 Å². The van der Waals surface area contributed by atoms with E-state index < -0.39 is 5.91 Å². The average molecular weight is 401 g/mol. The van der Waals surface area contributed by atoms with E-state index in [4.69, 9.17) is 10.5 Å². The second-order valence-electron chi connectivity index (χ2n) is 7.50. The van der Waals surface area contributed by atoms with Crippen molar-refractivity contribution in [1.29, 1.82) is 0 Å². The van der Waals surface area contributed by atoms with E-state index in [0.29, 0.717) is 35.9 Å². The predicted octanol–water partition coefficient (Wildman–Crippen LogP) is 4.65. The van der Waals surface area contributed by atoms with E-state index in [1.807, 2.05) is 12.1 Å². The van der Waals surface area contributed by atoms with Gasteiger partial charge in [-0.25, -0.2) is 0 Å². The van der Waals surface area contributed by atoms with Crippen molar-refractivity contribution in [3.8, 4) is 5.75 Å². The number of nitrogens with one attached hydrogen (secondary N) is 1. The minimum absolute atomic E-state index is 0.111. The summed E-state index contributed by atoms with van der Waals surface area (Å²) in [5, 5.41) is 3.50. The van der Waals surface area contributed by atoms with Gasteiger partial charge in [-0.3, -0.25) is 9.59 Å². The fourth-order valence-electron chi connectivity index (χ4n) is 3.48. The molecule has 1 aromatic carbocycles. The Morgan fingerprint density at radius 3 is 2.57 bits per heavy atom. The van der Waals surface area contributed by atoms with E-state index in [-0.39, 0.29) is 5.91 Å². The molecule has 0 saturated heterocycles. The van der Waals surface area contributed by atoms with Gasteiger partial charge in [0.25, 0.3) is 5.91 Å². The maximum atomic E-state index is 12.3. The molecule has 3 rings (SSSR count). The van der Waals surface area contributed by atoms with Crippen LogP contribution in [0.2, 0.25) is 0 Å². The number of fused-ring (bicyclic) bond motifs is 1. The summed E-state index contributed by atoms with van der Waals surface area (Å²) in [5.74, 6) is 0.737. The van der Waals surface area contributed by atoms with Crippen LogP contribution in [0.5, 0.6) is 5.75 Å². The summed E-state index contributed by atoms with van der Waals surface area (Å²) in [6.45, 7) is 4.78. The molecule has 0 aliphatic heterocycles. The minimum Gasteiger partial charge on any atom is -0.494 e. The first-order valence-electron chi connectivity index (χ1n) is 9.92. The number of primary amides is 1. The van der Waals surface area contributed by atoms with Gasteiger partial charge in [0.05, 0.1) is 12.2 Å². The number of amides is 2. The number of thiophene rings is 1. The van der Waals surface area contributed by atoms with E-state index >= 15 is 0 Å². The summed E-state index contributed by atoms with van der Waals surface area (Å²) in [6, 6.07) is 8.06. The Balaban J connectivity index is 1.49. The summed E-state index contributed by atoms with van der Waals surface area (Å²) in [5.41, 5.74) is 8.39. The van der Waals surface area contributed by atoms with Crippen LogP contribution in [-0.4, -0.2) is 18.4 Å². The van der Waals surface area contributed by atoms with Crippen LogP contribution < -0.4 is 15.8 Å². The van der Waals surface area contributed by atoms with Gasteiger partial charge in [0.1, 0.15) is 10.8 Å². The van der Waals surface area contributed by atoms with Crippen LogP contribution in [0.4, 0.5) is 5.00 Å². The van der Waals surface area contributed by atoms with Crippen molar-refractivity contribution in [1.82, 2.24) is 0 Å². The van der Waals surface area contributed by atoms with Gasteiger partial charge >= 0.3 is 0 Å². The first-order valence-corrected chi connectivity index (χ1v) is 10.7. The van der Waals surface area contributed by atoms with Crippen molar-refractivity contribution in [2.75, 3.05) is 11.9 Å². The number of rotatable bonds is 8. The summed E-state index contributed by atoms with van der Waals surface area (Å²) >= 11 is 1.49. The molecule has 0 unspecified atom stereocenters. The molecule has 0 radical (unpaired) electrons. The number of anilines is 1. The van der Waals surface area contributed by atoms with Gasteiger partial charge in [0.15, 0.2) is 0 Å². The van der Waals surface area contributed by atoms with Crippen molar-refractivity contribution >= 4 is 28.2 Å². The van der Waals surface area contributed by atoms with Crippen molar-refractivity contribution in [3.05, 3.63) is 45.8 Å². The van der Waals surface area contributed by atoms with Gasteiger partial charge in [-0.2, -0.15) is 0 Å². The molecule has 0 spiro atoms. The highest BCUT2D eigenvalue weighted by Crippen LogP contribution is 2.37. The van der Waals surface area contributed by atoms with E-state index in [1.165, 1.54) is 21.8 Å². The lowest BCUT2D eigenvalue weighted by atomic mass is 9.95. The number of aryl methyl sites for hydroxylation is 1. The summed E-state index contributed by atoms with van der Waals surface area (Å²) in [4.78, 5) is 25.4. The molecule has 0 fully saturated rings. The van der Waals surface area contributed by atoms with Gasteiger partial charge in [0.2, 0.25) is 5.91 Å². The lowest BCUT2D eigenvalue weighted by molar-refractivity contribution is -0.116. The van der Waals surface area contributed by atoms with E-state index in [2.05, 4.69) is 31.3 Å². The molecule has 150 valence electrons. The molecule has 0 saturated carbocycles. The van der Waals surface area contributed by atoms with Crippen LogP contribution in [0, 0.1) is 0 Å². The second kappa shape index (κ2) is 9.24. The minimum atomic E-state index is -0.456. The molecule has 2 aromatic rings. The number of hydrogen-bond acceptors (Lipinski definition) is 4. The predicted molar refractivity (Wildman–Crippen MR) is 113 cm³/mol. The molecule has 1 heterocycles. The van der Waals surface area contributed by atoms with Gasteiger partial charge in [-0.1, -0.05) is 26.0 Å².